The third-order valence-corrected chi connectivity index (χ3v) is 8.65. The van der Waals surface area contributed by atoms with Crippen LogP contribution in [0.3, 0.4) is 0 Å². The maximum absolute atomic E-state index is 14.6. The number of terminal acetylenes is 1. The van der Waals surface area contributed by atoms with Crippen molar-refractivity contribution in [1.82, 2.24) is 14.8 Å². The van der Waals surface area contributed by atoms with Crippen LogP contribution in [-0.2, 0) is 11.0 Å². The van der Waals surface area contributed by atoms with Crippen LogP contribution in [0.2, 0.25) is 0 Å². The molecule has 3 aliphatic rings. The number of pyridine rings is 1. The smallest absolute Gasteiger partial charge is 0.436 e. The second-order valence-electron chi connectivity index (χ2n) is 11.7. The number of nitrogens with zero attached hydrogens (tertiary/aromatic N) is 4. The van der Waals surface area contributed by atoms with E-state index in [2.05, 4.69) is 38.3 Å². The van der Waals surface area contributed by atoms with Crippen LogP contribution in [0.5, 0.6) is 5.75 Å². The monoisotopic (exact) mass is 657 g/mol. The molecule has 2 fully saturated rings. The maximum Gasteiger partial charge on any atom is 0.436 e. The van der Waals surface area contributed by atoms with Crippen LogP contribution in [0.1, 0.15) is 86.3 Å². The number of aromatic nitrogens is 1. The van der Waals surface area contributed by atoms with E-state index < -0.39 is 40.9 Å². The zero-order valence-corrected chi connectivity index (χ0v) is 27.1. The minimum absolute atomic E-state index is 0.103. The Labute approximate surface area is 273 Å². The molecule has 0 bridgehead atoms. The van der Waals surface area contributed by atoms with Gasteiger partial charge in [0, 0.05) is 45.0 Å². The topological polar surface area (TPSA) is 103 Å². The van der Waals surface area contributed by atoms with Crippen LogP contribution < -0.4 is 10.6 Å². The molecule has 3 heterocycles. The molecule has 0 spiro atoms. The quantitative estimate of drug-likeness (QED) is 0.207. The van der Waals surface area contributed by atoms with Gasteiger partial charge < -0.3 is 25.5 Å². The molecule has 2 aliphatic heterocycles. The molecule has 2 aromatic rings. The SMILES string of the molecule is C#C.C=CC(=O)N1CCCC2=C(N(C)c3ccc(C4CCC4)cc3O)CCN(C(=O)c3cnc(C(F)(F)F)c(F)c3N)C2C1.CCC. The highest BCUT2D eigenvalue weighted by atomic mass is 19.4. The third-order valence-electron chi connectivity index (χ3n) is 8.65. The predicted octanol–water partition coefficient (Wildman–Crippen LogP) is 6.87. The first kappa shape index (κ1) is 36.9. The van der Waals surface area contributed by atoms with E-state index in [0.717, 1.165) is 29.7 Å². The number of anilines is 2. The van der Waals surface area contributed by atoms with E-state index >= 15 is 0 Å². The Hall–Kier alpha value is -4.53. The lowest BCUT2D eigenvalue weighted by Crippen LogP contribution is -2.51. The summed E-state index contributed by atoms with van der Waals surface area (Å²) in [5.41, 5.74) is 5.91. The summed E-state index contributed by atoms with van der Waals surface area (Å²) in [7, 11) is 1.83. The van der Waals surface area contributed by atoms with Crippen LogP contribution in [0.15, 0.2) is 48.3 Å². The lowest BCUT2D eigenvalue weighted by Gasteiger charge is -2.42. The van der Waals surface area contributed by atoms with Gasteiger partial charge in [0.05, 0.1) is 23.0 Å². The number of benzene rings is 1. The molecule has 1 saturated heterocycles. The Morgan fingerprint density at radius 2 is 1.83 bits per heavy atom. The minimum Gasteiger partial charge on any atom is -0.506 e. The van der Waals surface area contributed by atoms with Crippen LogP contribution in [0, 0.1) is 18.7 Å². The van der Waals surface area contributed by atoms with Crippen LogP contribution in [0.25, 0.3) is 0 Å². The van der Waals surface area contributed by atoms with E-state index in [1.54, 1.807) is 11.0 Å². The van der Waals surface area contributed by atoms with Crippen LogP contribution in [0.4, 0.5) is 28.9 Å². The average molecular weight is 658 g/mol. The van der Waals surface area contributed by atoms with Crippen molar-refractivity contribution in [2.24, 2.45) is 0 Å². The number of likely N-dealkylation sites (tertiary alicyclic amines) is 1. The molecule has 1 aromatic carbocycles. The number of rotatable bonds is 5. The van der Waals surface area contributed by atoms with E-state index in [1.165, 1.54) is 23.8 Å². The summed E-state index contributed by atoms with van der Waals surface area (Å²) in [6, 6.07) is 5.02. The zero-order valence-electron chi connectivity index (χ0n) is 27.1. The first-order chi connectivity index (χ1) is 22.3. The van der Waals surface area contributed by atoms with Crippen molar-refractivity contribution in [2.75, 3.05) is 37.3 Å². The molecular weight excluding hydrogens is 614 g/mol. The van der Waals surface area contributed by atoms with Gasteiger partial charge in [-0.25, -0.2) is 9.37 Å². The summed E-state index contributed by atoms with van der Waals surface area (Å²) in [6.07, 6.45) is 10.8. The predicted molar refractivity (Wildman–Crippen MR) is 175 cm³/mol. The number of nitrogen functional groups attached to an aromatic ring is 1. The average Bonchev–Trinajstić information content (AvgIpc) is 3.24. The second kappa shape index (κ2) is 15.8. The Morgan fingerprint density at radius 3 is 2.38 bits per heavy atom. The van der Waals surface area contributed by atoms with Gasteiger partial charge in [-0.2, -0.15) is 13.2 Å². The third kappa shape index (κ3) is 7.89. The normalized spacial score (nSPS) is 17.9. The Kier molecular flexibility index (Phi) is 12.5. The standard InChI is InChI=1S/C30H33F4N5O3.C3H8.C2H2/c1-3-25(41)38-12-5-8-19-21(37(2)22-10-9-18(14-24(22)40)17-6-4-7-17)11-13-39(23(19)16-38)29(42)20-15-36-28(30(32,33)34)26(31)27(20)35;1-3-2;1-2/h3,9-10,14-15,17,23,40H,1,4-8,11-13,16H2,2H3,(H2,35,36);3H2,1-2H3;1-2H. The first-order valence-electron chi connectivity index (χ1n) is 15.7. The van der Waals surface area contributed by atoms with Crippen molar-refractivity contribution in [3.05, 3.63) is 71.0 Å². The van der Waals surface area contributed by atoms with Gasteiger partial charge in [0.2, 0.25) is 5.91 Å². The number of fused-ring (bicyclic) bond motifs is 1. The Balaban J connectivity index is 0.00000114. The van der Waals surface area contributed by atoms with Gasteiger partial charge in [-0.1, -0.05) is 39.3 Å². The number of nitrogens with two attached hydrogens (primary N) is 1. The summed E-state index contributed by atoms with van der Waals surface area (Å²) >= 11 is 0. The van der Waals surface area contributed by atoms with E-state index in [-0.39, 0.29) is 24.7 Å². The number of phenols is 1. The molecule has 1 aliphatic carbocycles. The van der Waals surface area contributed by atoms with Gasteiger partial charge in [0.15, 0.2) is 11.5 Å². The Morgan fingerprint density at radius 1 is 1.17 bits per heavy atom. The zero-order chi connectivity index (χ0) is 35.1. The molecule has 0 radical (unpaired) electrons. The fraction of sp³-hybridized carbons (Fsp3) is 0.457. The summed E-state index contributed by atoms with van der Waals surface area (Å²) in [5.74, 6) is -2.32. The van der Waals surface area contributed by atoms with Crippen molar-refractivity contribution in [3.63, 3.8) is 0 Å². The van der Waals surface area contributed by atoms with Gasteiger partial charge in [0.1, 0.15) is 5.75 Å². The summed E-state index contributed by atoms with van der Waals surface area (Å²) in [5, 5.41) is 11.0. The number of phenolic OH excluding ortho intramolecular Hbond substituents is 1. The molecule has 254 valence electrons. The number of hydrogen-bond donors (Lipinski definition) is 2. The lowest BCUT2D eigenvalue weighted by molar-refractivity contribution is -0.143. The summed E-state index contributed by atoms with van der Waals surface area (Å²) < 4.78 is 54.1. The molecule has 1 aromatic heterocycles. The number of carbonyl (C=O) groups is 2. The van der Waals surface area contributed by atoms with E-state index in [0.29, 0.717) is 43.6 Å². The summed E-state index contributed by atoms with van der Waals surface area (Å²) in [6.45, 7) is 8.44. The number of hydrogen-bond acceptors (Lipinski definition) is 6. The van der Waals surface area contributed by atoms with Crippen molar-refractivity contribution < 1.29 is 32.3 Å². The van der Waals surface area contributed by atoms with Gasteiger partial charge in [0.25, 0.3) is 5.91 Å². The highest BCUT2D eigenvalue weighted by Crippen LogP contribution is 2.42. The largest absolute Gasteiger partial charge is 0.506 e. The van der Waals surface area contributed by atoms with Crippen molar-refractivity contribution in [2.45, 2.75) is 76.9 Å². The van der Waals surface area contributed by atoms with Gasteiger partial charge in [-0.3, -0.25) is 9.59 Å². The van der Waals surface area contributed by atoms with Gasteiger partial charge in [-0.05, 0) is 60.9 Å². The number of aromatic hydroxyl groups is 1. The van der Waals surface area contributed by atoms with Crippen molar-refractivity contribution in [1.29, 1.82) is 0 Å². The molecule has 1 saturated carbocycles. The molecular formula is C35H43F4N5O3. The number of alkyl halides is 3. The summed E-state index contributed by atoms with van der Waals surface area (Å²) in [4.78, 5) is 34.4. The highest BCUT2D eigenvalue weighted by Gasteiger charge is 2.41. The Bertz CT molecular complexity index is 1520. The maximum atomic E-state index is 14.6. The van der Waals surface area contributed by atoms with Crippen LogP contribution in [-0.4, -0.2) is 64.4 Å². The van der Waals surface area contributed by atoms with Crippen molar-refractivity contribution >= 4 is 23.2 Å². The fourth-order valence-electron chi connectivity index (χ4n) is 6.15. The molecule has 1 unspecified atom stereocenters. The van der Waals surface area contributed by atoms with Gasteiger partial charge in [-0.15, -0.1) is 12.8 Å². The minimum atomic E-state index is -5.07. The van der Waals surface area contributed by atoms with Crippen molar-refractivity contribution in [3.8, 4) is 18.6 Å². The van der Waals surface area contributed by atoms with E-state index in [4.69, 9.17) is 5.73 Å². The van der Waals surface area contributed by atoms with Crippen LogP contribution >= 0.6 is 0 Å². The molecule has 8 nitrogen and oxygen atoms in total. The number of carbonyl (C=O) groups excluding carboxylic acids is 2. The van der Waals surface area contributed by atoms with Gasteiger partial charge >= 0.3 is 6.18 Å². The molecule has 47 heavy (non-hydrogen) atoms. The number of amides is 2. The number of halogens is 4. The first-order valence-corrected chi connectivity index (χ1v) is 15.7. The second-order valence-corrected chi connectivity index (χ2v) is 11.7. The van der Waals surface area contributed by atoms with E-state index in [9.17, 15) is 32.3 Å². The fourth-order valence-corrected chi connectivity index (χ4v) is 6.15. The molecule has 5 rings (SSSR count). The highest BCUT2D eigenvalue weighted by molar-refractivity contribution is 5.99. The molecule has 12 heteroatoms. The van der Waals surface area contributed by atoms with E-state index in [1.807, 2.05) is 24.1 Å². The lowest BCUT2D eigenvalue weighted by atomic mass is 9.80. The molecule has 1 atom stereocenters. The molecule has 3 N–H and O–H groups in total. The molecule has 2 amide bonds.